The third-order valence-corrected chi connectivity index (χ3v) is 2.48. The van der Waals surface area contributed by atoms with E-state index in [2.05, 4.69) is 20.2 Å². The first-order valence-electron chi connectivity index (χ1n) is 4.08. The zero-order chi connectivity index (χ0) is 10.4. The number of azide groups is 1. The van der Waals surface area contributed by atoms with E-state index >= 15 is 0 Å². The highest BCUT2D eigenvalue weighted by atomic mass is 32.2. The third kappa shape index (κ3) is 2.54. The van der Waals surface area contributed by atoms with Gasteiger partial charge in [0, 0.05) is 23.8 Å². The molecule has 1 rings (SSSR count). The minimum absolute atomic E-state index is 0.209. The van der Waals surface area contributed by atoms with Gasteiger partial charge in [-0.25, -0.2) is 9.89 Å². The molecule has 0 aliphatic heterocycles. The first kappa shape index (κ1) is 10.7. The van der Waals surface area contributed by atoms with Gasteiger partial charge in [0.1, 0.15) is 0 Å². The molecule has 0 aromatic carbocycles. The van der Waals surface area contributed by atoms with Crippen LogP contribution in [-0.2, 0) is 6.54 Å². The third-order valence-electron chi connectivity index (χ3n) is 1.53. The summed E-state index contributed by atoms with van der Waals surface area (Å²) in [6, 6.07) is 0. The van der Waals surface area contributed by atoms with Gasteiger partial charge in [-0.05, 0) is 12.5 Å². The predicted octanol–water partition coefficient (Wildman–Crippen LogP) is 0.994. The summed E-state index contributed by atoms with van der Waals surface area (Å²) in [6.45, 7) is 2.85. The lowest BCUT2D eigenvalue weighted by atomic mass is 10.7. The van der Waals surface area contributed by atoms with Crippen LogP contribution in [0.4, 0.5) is 0 Å². The molecule has 0 amide bonds. The monoisotopic (exact) mass is 214 g/mol. The number of H-pyrrole nitrogens is 1. The van der Waals surface area contributed by atoms with Crippen LogP contribution in [0.1, 0.15) is 6.92 Å². The first-order valence-corrected chi connectivity index (χ1v) is 5.07. The lowest BCUT2D eigenvalue weighted by Gasteiger charge is -1.99. The topological polar surface area (TPSA) is 99.4 Å². The van der Waals surface area contributed by atoms with Gasteiger partial charge < -0.3 is 0 Å². The van der Waals surface area contributed by atoms with Gasteiger partial charge in [0.25, 0.3) is 0 Å². The van der Waals surface area contributed by atoms with Crippen LogP contribution in [-0.4, -0.2) is 27.1 Å². The predicted molar refractivity (Wildman–Crippen MR) is 53.3 cm³/mol. The van der Waals surface area contributed by atoms with E-state index in [0.717, 1.165) is 0 Å². The fraction of sp³-hybridized carbons (Fsp3) is 0.667. The van der Waals surface area contributed by atoms with Crippen molar-refractivity contribution in [3.05, 3.63) is 20.9 Å². The average molecular weight is 214 g/mol. The van der Waals surface area contributed by atoms with Crippen molar-refractivity contribution in [1.82, 2.24) is 14.8 Å². The van der Waals surface area contributed by atoms with Crippen LogP contribution in [0.3, 0.4) is 0 Å². The summed E-state index contributed by atoms with van der Waals surface area (Å²) in [5.41, 5.74) is 7.83. The molecule has 7 nitrogen and oxygen atoms in total. The zero-order valence-electron chi connectivity index (χ0n) is 7.67. The molecule has 0 saturated heterocycles. The Kier molecular flexibility index (Phi) is 4.09. The number of rotatable bonds is 5. The van der Waals surface area contributed by atoms with Crippen LogP contribution < -0.4 is 5.69 Å². The summed E-state index contributed by atoms with van der Waals surface area (Å²) < 4.78 is 1.53. The Labute approximate surface area is 84.1 Å². The molecule has 0 bridgehead atoms. The summed E-state index contributed by atoms with van der Waals surface area (Å²) >= 11 is 1.39. The van der Waals surface area contributed by atoms with Crippen molar-refractivity contribution >= 4 is 11.8 Å². The van der Waals surface area contributed by atoms with Crippen molar-refractivity contribution in [1.29, 1.82) is 0 Å². The molecule has 0 fully saturated rings. The molecule has 0 atom stereocenters. The molecule has 1 aromatic rings. The van der Waals surface area contributed by atoms with E-state index in [0.29, 0.717) is 24.0 Å². The lowest BCUT2D eigenvalue weighted by molar-refractivity contribution is 0.660. The molecule has 8 heteroatoms. The van der Waals surface area contributed by atoms with Gasteiger partial charge in [-0.1, -0.05) is 16.9 Å². The van der Waals surface area contributed by atoms with Crippen LogP contribution in [0.5, 0.6) is 0 Å². The van der Waals surface area contributed by atoms with Gasteiger partial charge in [-0.3, -0.25) is 4.57 Å². The SMILES string of the molecule is CCn1c(SCCN=[N+]=[N-])n[nH]c1=O. The minimum Gasteiger partial charge on any atom is -0.270 e. The second-order valence-corrected chi connectivity index (χ2v) is 3.42. The van der Waals surface area contributed by atoms with E-state index in [1.807, 2.05) is 6.92 Å². The molecular weight excluding hydrogens is 204 g/mol. The number of hydrogen-bond acceptors (Lipinski definition) is 4. The Balaban J connectivity index is 2.58. The van der Waals surface area contributed by atoms with Crippen LogP contribution in [0, 0.1) is 0 Å². The largest absolute Gasteiger partial charge is 0.343 e. The fourth-order valence-electron chi connectivity index (χ4n) is 0.915. The Morgan fingerprint density at radius 3 is 3.21 bits per heavy atom. The molecule has 76 valence electrons. The highest BCUT2D eigenvalue weighted by Crippen LogP contribution is 2.11. The summed E-state index contributed by atoms with van der Waals surface area (Å²) in [5, 5.41) is 10.2. The Bertz CT molecular complexity index is 389. The van der Waals surface area contributed by atoms with Gasteiger partial charge in [-0.15, -0.1) is 5.10 Å². The summed E-state index contributed by atoms with van der Waals surface area (Å²) in [5.74, 6) is 0.619. The van der Waals surface area contributed by atoms with Crippen molar-refractivity contribution in [3.8, 4) is 0 Å². The van der Waals surface area contributed by atoms with E-state index in [9.17, 15) is 4.79 Å². The summed E-state index contributed by atoms with van der Waals surface area (Å²) in [6.07, 6.45) is 0. The molecule has 0 aliphatic rings. The smallest absolute Gasteiger partial charge is 0.270 e. The Morgan fingerprint density at radius 1 is 1.79 bits per heavy atom. The molecule has 0 aliphatic carbocycles. The van der Waals surface area contributed by atoms with Crippen LogP contribution >= 0.6 is 11.8 Å². The number of thioether (sulfide) groups is 1. The van der Waals surface area contributed by atoms with Crippen LogP contribution in [0.2, 0.25) is 0 Å². The lowest BCUT2D eigenvalue weighted by Crippen LogP contribution is -2.16. The van der Waals surface area contributed by atoms with Crippen molar-refractivity contribution in [2.45, 2.75) is 18.6 Å². The quantitative estimate of drug-likeness (QED) is 0.260. The highest BCUT2D eigenvalue weighted by molar-refractivity contribution is 7.99. The van der Waals surface area contributed by atoms with E-state index in [1.165, 1.54) is 16.3 Å². The molecule has 0 radical (unpaired) electrons. The number of nitrogens with one attached hydrogen (secondary N) is 1. The minimum atomic E-state index is -0.209. The maximum absolute atomic E-state index is 11.1. The molecule has 1 aromatic heterocycles. The second kappa shape index (κ2) is 5.36. The van der Waals surface area contributed by atoms with Gasteiger partial charge in [-0.2, -0.15) is 0 Å². The molecular formula is C6H10N6OS. The van der Waals surface area contributed by atoms with Crippen molar-refractivity contribution in [3.63, 3.8) is 0 Å². The molecule has 0 spiro atoms. The van der Waals surface area contributed by atoms with E-state index in [-0.39, 0.29) is 5.69 Å². The first-order chi connectivity index (χ1) is 6.79. The second-order valence-electron chi connectivity index (χ2n) is 2.36. The van der Waals surface area contributed by atoms with Gasteiger partial charge in [0.05, 0.1) is 0 Å². The molecule has 0 saturated carbocycles. The standard InChI is InChI=1S/C6H10N6OS/c1-2-12-5(13)9-10-6(12)14-4-3-8-11-7/h2-4H2,1H3,(H,9,13). The van der Waals surface area contributed by atoms with Crippen LogP contribution in [0.15, 0.2) is 15.1 Å². The number of nitrogens with zero attached hydrogens (tertiary/aromatic N) is 5. The van der Waals surface area contributed by atoms with E-state index in [4.69, 9.17) is 5.53 Å². The maximum atomic E-state index is 11.1. The van der Waals surface area contributed by atoms with Gasteiger partial charge in [0.15, 0.2) is 5.16 Å². The summed E-state index contributed by atoms with van der Waals surface area (Å²) in [7, 11) is 0. The molecule has 0 unspecified atom stereocenters. The molecule has 1 heterocycles. The zero-order valence-corrected chi connectivity index (χ0v) is 8.49. The Hall–Kier alpha value is -1.40. The normalized spacial score (nSPS) is 9.79. The average Bonchev–Trinajstić information content (AvgIpc) is 2.54. The Morgan fingerprint density at radius 2 is 2.57 bits per heavy atom. The van der Waals surface area contributed by atoms with Crippen molar-refractivity contribution < 1.29 is 0 Å². The van der Waals surface area contributed by atoms with E-state index in [1.54, 1.807) is 0 Å². The molecule has 14 heavy (non-hydrogen) atoms. The van der Waals surface area contributed by atoms with Crippen molar-refractivity contribution in [2.75, 3.05) is 12.3 Å². The van der Waals surface area contributed by atoms with E-state index < -0.39 is 0 Å². The van der Waals surface area contributed by atoms with Gasteiger partial charge in [0.2, 0.25) is 0 Å². The fourth-order valence-corrected chi connectivity index (χ4v) is 1.75. The van der Waals surface area contributed by atoms with Gasteiger partial charge >= 0.3 is 5.69 Å². The maximum Gasteiger partial charge on any atom is 0.343 e. The van der Waals surface area contributed by atoms with Crippen molar-refractivity contribution in [2.24, 2.45) is 5.11 Å². The summed E-state index contributed by atoms with van der Waals surface area (Å²) in [4.78, 5) is 13.7. The highest BCUT2D eigenvalue weighted by Gasteiger charge is 2.05. The number of aromatic nitrogens is 3. The number of hydrogen-bond donors (Lipinski definition) is 1. The number of aromatic amines is 1. The molecule has 1 N–H and O–H groups in total. The van der Waals surface area contributed by atoms with Crippen LogP contribution in [0.25, 0.3) is 10.4 Å².